The quantitative estimate of drug-likeness (QED) is 0.366. The zero-order valence-corrected chi connectivity index (χ0v) is 8.44. The van der Waals surface area contributed by atoms with Crippen LogP contribution in [0.4, 0.5) is 0 Å². The van der Waals surface area contributed by atoms with Gasteiger partial charge in [0.15, 0.2) is 0 Å². The van der Waals surface area contributed by atoms with Crippen LogP contribution >= 0.6 is 0 Å². The van der Waals surface area contributed by atoms with Gasteiger partial charge in [-0.1, -0.05) is 0 Å². The summed E-state index contributed by atoms with van der Waals surface area (Å²) in [5.74, 6) is -1.35. The molecule has 1 atom stereocenters. The second-order valence-corrected chi connectivity index (χ2v) is 3.14. The number of nitrogens with one attached hydrogen (secondary N) is 1. The van der Waals surface area contributed by atoms with E-state index in [4.69, 9.17) is 10.8 Å². The van der Waals surface area contributed by atoms with Crippen molar-refractivity contribution in [2.24, 2.45) is 5.73 Å². The second kappa shape index (κ2) is 7.93. The van der Waals surface area contributed by atoms with Crippen molar-refractivity contribution in [3.8, 4) is 0 Å². The molecule has 0 aromatic carbocycles. The second-order valence-electron chi connectivity index (χ2n) is 3.14. The number of hydrogen-bond acceptors (Lipinski definition) is 4. The van der Waals surface area contributed by atoms with Crippen LogP contribution in [0, 0.1) is 0 Å². The zero-order chi connectivity index (χ0) is 11.7. The third-order valence-electron chi connectivity index (χ3n) is 1.82. The molecule has 1 unspecified atom stereocenters. The van der Waals surface area contributed by atoms with Gasteiger partial charge in [0.05, 0.1) is 0 Å². The van der Waals surface area contributed by atoms with Gasteiger partial charge in [-0.15, -0.1) is 0 Å². The first-order valence-corrected chi connectivity index (χ1v) is 4.76. The smallest absolute Gasteiger partial charge is 0.320 e. The molecule has 0 spiro atoms. The van der Waals surface area contributed by atoms with Crippen LogP contribution in [0.2, 0.25) is 0 Å². The van der Waals surface area contributed by atoms with Crippen molar-refractivity contribution in [1.29, 1.82) is 0 Å². The molecule has 0 saturated heterocycles. The fourth-order valence-electron chi connectivity index (χ4n) is 0.912. The van der Waals surface area contributed by atoms with Gasteiger partial charge in [-0.25, -0.2) is 0 Å². The van der Waals surface area contributed by atoms with Gasteiger partial charge in [-0.2, -0.15) is 0 Å². The van der Waals surface area contributed by atoms with Crippen LogP contribution in [0.15, 0.2) is 0 Å². The van der Waals surface area contributed by atoms with E-state index < -0.39 is 12.0 Å². The number of nitrogens with two attached hydrogens (primary N) is 1. The van der Waals surface area contributed by atoms with Gasteiger partial charge < -0.3 is 21.0 Å². The van der Waals surface area contributed by atoms with Gasteiger partial charge in [0, 0.05) is 19.4 Å². The highest BCUT2D eigenvalue weighted by Gasteiger charge is 2.12. The predicted octanol–water partition coefficient (Wildman–Crippen LogP) is -0.726. The highest BCUT2D eigenvalue weighted by molar-refractivity contribution is 5.78. The molecule has 0 rings (SSSR count). The molecular weight excluding hydrogens is 200 g/mol. The summed E-state index contributed by atoms with van der Waals surface area (Å²) in [6.45, 7) is 0.430. The maximum Gasteiger partial charge on any atom is 0.320 e. The minimum Gasteiger partial charge on any atom is -0.480 e. The lowest BCUT2D eigenvalue weighted by molar-refractivity contribution is -0.138. The van der Waals surface area contributed by atoms with Crippen molar-refractivity contribution in [3.05, 3.63) is 0 Å². The lowest BCUT2D eigenvalue weighted by Gasteiger charge is -2.06. The average molecular weight is 216 g/mol. The van der Waals surface area contributed by atoms with Gasteiger partial charge in [0.1, 0.15) is 12.3 Å². The van der Waals surface area contributed by atoms with E-state index in [0.29, 0.717) is 19.4 Å². The number of rotatable bonds is 8. The molecule has 0 aliphatic rings. The number of hydrogen-bond donors (Lipinski definition) is 3. The molecule has 0 aliphatic heterocycles. The van der Waals surface area contributed by atoms with E-state index >= 15 is 0 Å². The fraction of sp³-hybridized carbons (Fsp3) is 0.667. The van der Waals surface area contributed by atoms with Gasteiger partial charge in [0.2, 0.25) is 5.91 Å². The molecule has 6 nitrogen and oxygen atoms in total. The Bertz CT molecular complexity index is 230. The highest BCUT2D eigenvalue weighted by Crippen LogP contribution is 1.94. The number of unbranched alkanes of at least 4 members (excludes halogenated alkanes) is 1. The summed E-state index contributed by atoms with van der Waals surface area (Å²) < 4.78 is 0. The number of carboxylic acid groups (broad SMARTS) is 1. The molecule has 0 heterocycles. The van der Waals surface area contributed by atoms with Gasteiger partial charge >= 0.3 is 5.97 Å². The summed E-state index contributed by atoms with van der Waals surface area (Å²) >= 11 is 0. The number of carboxylic acids is 1. The molecule has 0 aromatic rings. The van der Waals surface area contributed by atoms with Crippen molar-refractivity contribution in [2.45, 2.75) is 31.7 Å². The maximum absolute atomic E-state index is 11.1. The Labute approximate surface area is 87.8 Å². The van der Waals surface area contributed by atoms with Gasteiger partial charge in [0.25, 0.3) is 0 Å². The zero-order valence-electron chi connectivity index (χ0n) is 8.44. The first-order valence-electron chi connectivity index (χ1n) is 4.76. The Balaban J connectivity index is 3.49. The molecule has 0 aliphatic carbocycles. The molecule has 1 amide bonds. The van der Waals surface area contributed by atoms with E-state index in [0.717, 1.165) is 6.29 Å². The molecule has 4 N–H and O–H groups in total. The number of aliphatic carboxylic acids is 1. The minimum absolute atomic E-state index is 0.0918. The Morgan fingerprint density at radius 3 is 2.67 bits per heavy atom. The van der Waals surface area contributed by atoms with E-state index in [-0.39, 0.29) is 18.7 Å². The molecular formula is C9H16N2O4. The number of carbonyl (C=O) groups is 3. The Morgan fingerprint density at radius 1 is 1.47 bits per heavy atom. The van der Waals surface area contributed by atoms with E-state index in [2.05, 4.69) is 5.32 Å². The Morgan fingerprint density at radius 2 is 2.13 bits per heavy atom. The van der Waals surface area contributed by atoms with E-state index in [1.807, 2.05) is 0 Å². The van der Waals surface area contributed by atoms with Crippen LogP contribution in [0.1, 0.15) is 25.7 Å². The van der Waals surface area contributed by atoms with E-state index in [1.54, 1.807) is 0 Å². The predicted molar refractivity (Wildman–Crippen MR) is 53.2 cm³/mol. The van der Waals surface area contributed by atoms with E-state index in [9.17, 15) is 14.4 Å². The minimum atomic E-state index is -1.11. The maximum atomic E-state index is 11.1. The first kappa shape index (κ1) is 13.6. The molecule has 0 bridgehead atoms. The van der Waals surface area contributed by atoms with Crippen LogP contribution < -0.4 is 11.1 Å². The largest absolute Gasteiger partial charge is 0.480 e. The number of amides is 1. The van der Waals surface area contributed by atoms with Crippen LogP contribution in [0.5, 0.6) is 0 Å². The summed E-state index contributed by atoms with van der Waals surface area (Å²) in [6, 6.07) is -0.995. The van der Waals surface area contributed by atoms with Gasteiger partial charge in [-0.3, -0.25) is 9.59 Å². The molecule has 0 aromatic heterocycles. The SMILES string of the molecule is NC(CCC(=O)NCCCC=O)C(=O)O. The molecule has 6 heteroatoms. The van der Waals surface area contributed by atoms with Crippen molar-refractivity contribution < 1.29 is 19.5 Å². The molecule has 0 radical (unpaired) electrons. The standard InChI is InChI=1S/C9H16N2O4/c10-7(9(14)15)3-4-8(13)11-5-1-2-6-12/h6-7H,1-5,10H2,(H,11,13)(H,14,15). The molecule has 15 heavy (non-hydrogen) atoms. The summed E-state index contributed by atoms with van der Waals surface area (Å²) in [5.41, 5.74) is 5.22. The summed E-state index contributed by atoms with van der Waals surface area (Å²) in [4.78, 5) is 31.3. The van der Waals surface area contributed by atoms with Crippen molar-refractivity contribution in [3.63, 3.8) is 0 Å². The third-order valence-corrected chi connectivity index (χ3v) is 1.82. The number of carbonyl (C=O) groups excluding carboxylic acids is 2. The number of aldehydes is 1. The Kier molecular flexibility index (Phi) is 7.17. The van der Waals surface area contributed by atoms with Crippen LogP contribution in [-0.2, 0) is 14.4 Å². The van der Waals surface area contributed by atoms with E-state index in [1.165, 1.54) is 0 Å². The summed E-state index contributed by atoms with van der Waals surface area (Å²) in [5, 5.41) is 11.0. The topological polar surface area (TPSA) is 109 Å². The summed E-state index contributed by atoms with van der Waals surface area (Å²) in [6.07, 6.45) is 2.01. The molecule has 0 fully saturated rings. The fourth-order valence-corrected chi connectivity index (χ4v) is 0.912. The van der Waals surface area contributed by atoms with Crippen molar-refractivity contribution in [2.75, 3.05) is 6.54 Å². The van der Waals surface area contributed by atoms with Crippen LogP contribution in [-0.4, -0.2) is 35.9 Å². The lowest BCUT2D eigenvalue weighted by atomic mass is 10.1. The lowest BCUT2D eigenvalue weighted by Crippen LogP contribution is -2.32. The third kappa shape index (κ3) is 7.63. The molecule has 0 saturated carbocycles. The van der Waals surface area contributed by atoms with Crippen molar-refractivity contribution in [1.82, 2.24) is 5.32 Å². The average Bonchev–Trinajstić information content (AvgIpc) is 2.20. The molecule has 86 valence electrons. The van der Waals surface area contributed by atoms with Crippen LogP contribution in [0.3, 0.4) is 0 Å². The Hall–Kier alpha value is -1.43. The summed E-state index contributed by atoms with van der Waals surface area (Å²) in [7, 11) is 0. The normalized spacial score (nSPS) is 11.8. The highest BCUT2D eigenvalue weighted by atomic mass is 16.4. The van der Waals surface area contributed by atoms with Crippen LogP contribution in [0.25, 0.3) is 0 Å². The first-order chi connectivity index (χ1) is 7.07. The van der Waals surface area contributed by atoms with Crippen molar-refractivity contribution >= 4 is 18.2 Å². The monoisotopic (exact) mass is 216 g/mol. The van der Waals surface area contributed by atoms with Gasteiger partial charge in [-0.05, 0) is 12.8 Å².